The lowest BCUT2D eigenvalue weighted by atomic mass is 9.90. The summed E-state index contributed by atoms with van der Waals surface area (Å²) < 4.78 is 5.03. The Morgan fingerprint density at radius 1 is 1.09 bits per heavy atom. The maximum Gasteiger partial charge on any atom is 0.305 e. The molecule has 0 aliphatic heterocycles. The van der Waals surface area contributed by atoms with E-state index >= 15 is 0 Å². The third kappa shape index (κ3) is 5.95. The van der Waals surface area contributed by atoms with Crippen LogP contribution in [0.25, 0.3) is 22.0 Å². The molecule has 0 aliphatic carbocycles. The first-order chi connectivity index (χ1) is 15.4. The monoisotopic (exact) mass is 432 g/mol. The molecule has 0 saturated carbocycles. The Labute approximate surface area is 192 Å². The molecule has 4 nitrogen and oxygen atoms in total. The van der Waals surface area contributed by atoms with Gasteiger partial charge in [0.2, 0.25) is 0 Å². The van der Waals surface area contributed by atoms with Gasteiger partial charge in [-0.1, -0.05) is 49.7 Å². The number of esters is 1. The van der Waals surface area contributed by atoms with Crippen molar-refractivity contribution in [2.75, 3.05) is 6.61 Å². The number of unbranched alkanes of at least 4 members (excludes halogenated alkanes) is 1. The summed E-state index contributed by atoms with van der Waals surface area (Å²) >= 11 is 0. The highest BCUT2D eigenvalue weighted by Gasteiger charge is 2.17. The molecule has 3 aromatic rings. The third-order valence-corrected chi connectivity index (χ3v) is 5.78. The van der Waals surface area contributed by atoms with Gasteiger partial charge in [0, 0.05) is 24.0 Å². The molecule has 0 atom stereocenters. The van der Waals surface area contributed by atoms with Gasteiger partial charge in [0.05, 0.1) is 12.1 Å². The second-order valence-corrected chi connectivity index (χ2v) is 8.94. The number of pyridine rings is 1. The molecule has 0 amide bonds. The first-order valence-electron chi connectivity index (χ1n) is 11.8. The smallest absolute Gasteiger partial charge is 0.305 e. The van der Waals surface area contributed by atoms with E-state index in [1.165, 1.54) is 22.3 Å². The van der Waals surface area contributed by atoms with Crippen molar-refractivity contribution in [3.8, 4) is 11.1 Å². The average molecular weight is 433 g/mol. The van der Waals surface area contributed by atoms with Crippen LogP contribution in [-0.4, -0.2) is 17.6 Å². The maximum absolute atomic E-state index is 11.6. The van der Waals surface area contributed by atoms with Crippen LogP contribution in [0.15, 0.2) is 42.5 Å². The van der Waals surface area contributed by atoms with Gasteiger partial charge in [-0.05, 0) is 79.8 Å². The first-order valence-corrected chi connectivity index (χ1v) is 11.8. The second-order valence-electron chi connectivity index (χ2n) is 8.94. The van der Waals surface area contributed by atoms with Crippen LogP contribution >= 0.6 is 0 Å². The molecular weight excluding hydrogens is 396 g/mol. The van der Waals surface area contributed by atoms with E-state index in [4.69, 9.17) is 15.5 Å². The summed E-state index contributed by atoms with van der Waals surface area (Å²) in [5.74, 6) is 0.400. The number of carbonyl (C=O) groups excluding carboxylic acids is 1. The summed E-state index contributed by atoms with van der Waals surface area (Å²) in [4.78, 5) is 16.6. The van der Waals surface area contributed by atoms with Gasteiger partial charge in [-0.15, -0.1) is 0 Å². The van der Waals surface area contributed by atoms with Gasteiger partial charge < -0.3 is 10.5 Å². The molecule has 1 heterocycles. The van der Waals surface area contributed by atoms with Gasteiger partial charge in [0.1, 0.15) is 0 Å². The van der Waals surface area contributed by atoms with E-state index < -0.39 is 0 Å². The Morgan fingerprint density at radius 3 is 2.50 bits per heavy atom. The summed E-state index contributed by atoms with van der Waals surface area (Å²) in [6, 6.07) is 15.3. The number of hydrogen-bond acceptors (Lipinski definition) is 4. The predicted molar refractivity (Wildman–Crippen MR) is 133 cm³/mol. The molecule has 0 saturated heterocycles. The molecule has 0 spiro atoms. The van der Waals surface area contributed by atoms with Gasteiger partial charge in [-0.25, -0.2) is 0 Å². The summed E-state index contributed by atoms with van der Waals surface area (Å²) in [5, 5.41) is 1.16. The Balaban J connectivity index is 1.99. The van der Waals surface area contributed by atoms with Gasteiger partial charge >= 0.3 is 5.97 Å². The minimum Gasteiger partial charge on any atom is -0.466 e. The summed E-state index contributed by atoms with van der Waals surface area (Å²) in [7, 11) is 0. The van der Waals surface area contributed by atoms with Gasteiger partial charge in [0.15, 0.2) is 0 Å². The van der Waals surface area contributed by atoms with E-state index in [0.29, 0.717) is 25.5 Å². The highest BCUT2D eigenvalue weighted by Crippen LogP contribution is 2.35. The summed E-state index contributed by atoms with van der Waals surface area (Å²) in [6.45, 7) is 9.30. The number of aryl methyl sites for hydroxylation is 2. The van der Waals surface area contributed by atoms with E-state index in [0.717, 1.165) is 47.8 Å². The molecule has 32 heavy (non-hydrogen) atoms. The van der Waals surface area contributed by atoms with Crippen molar-refractivity contribution in [3.63, 3.8) is 0 Å². The number of ether oxygens (including phenoxy) is 1. The molecule has 2 N–H and O–H groups in total. The van der Waals surface area contributed by atoms with Gasteiger partial charge in [-0.3, -0.25) is 9.78 Å². The normalized spacial score (nSPS) is 11.3. The molecule has 0 fully saturated rings. The van der Waals surface area contributed by atoms with Crippen molar-refractivity contribution in [1.82, 2.24) is 4.98 Å². The number of fused-ring (bicyclic) bond motifs is 1. The number of nitrogens with two attached hydrogens (primary N) is 1. The van der Waals surface area contributed by atoms with Crippen LogP contribution in [0.2, 0.25) is 0 Å². The zero-order valence-corrected chi connectivity index (χ0v) is 19.9. The summed E-state index contributed by atoms with van der Waals surface area (Å²) in [6.07, 6.45) is 4.10. The first kappa shape index (κ1) is 23.9. The minimum absolute atomic E-state index is 0.109. The number of benzene rings is 2. The highest BCUT2D eigenvalue weighted by atomic mass is 16.5. The van der Waals surface area contributed by atoms with E-state index in [-0.39, 0.29) is 5.97 Å². The van der Waals surface area contributed by atoms with E-state index in [2.05, 4.69) is 63.2 Å². The van der Waals surface area contributed by atoms with Crippen molar-refractivity contribution in [3.05, 3.63) is 64.8 Å². The maximum atomic E-state index is 11.6. The van der Waals surface area contributed by atoms with E-state index in [1.807, 2.05) is 6.92 Å². The Kier molecular flexibility index (Phi) is 8.40. The van der Waals surface area contributed by atoms with Crippen LogP contribution in [0.4, 0.5) is 0 Å². The second kappa shape index (κ2) is 11.2. The average Bonchev–Trinajstić information content (AvgIpc) is 2.76. The molecule has 0 aliphatic rings. The fourth-order valence-electron chi connectivity index (χ4n) is 4.21. The predicted octanol–water partition coefficient (Wildman–Crippen LogP) is 6.14. The molecular formula is C28H36N2O2. The molecule has 3 rings (SSSR count). The largest absolute Gasteiger partial charge is 0.466 e. The standard InChI is InChI=1S/C28H36N2O2/c1-5-32-27(31)9-7-6-8-21-12-15-25-23(17-21)28(22-13-10-20(4)11-14-22)24(18-29)26(30-25)16-19(2)3/h10-15,17,19H,5-9,16,18,29H2,1-4H3. The Hall–Kier alpha value is -2.72. The van der Waals surface area contributed by atoms with Crippen LogP contribution in [0.3, 0.4) is 0 Å². The van der Waals surface area contributed by atoms with Crippen LogP contribution in [-0.2, 0) is 28.9 Å². The van der Waals surface area contributed by atoms with Gasteiger partial charge in [0.25, 0.3) is 0 Å². The van der Waals surface area contributed by atoms with E-state index in [9.17, 15) is 4.79 Å². The lowest BCUT2D eigenvalue weighted by Crippen LogP contribution is -2.10. The van der Waals surface area contributed by atoms with Crippen LogP contribution in [0, 0.1) is 12.8 Å². The third-order valence-electron chi connectivity index (χ3n) is 5.78. The Bertz CT molecular complexity index is 1060. The van der Waals surface area contributed by atoms with Crippen LogP contribution in [0.1, 0.15) is 62.4 Å². The molecule has 170 valence electrons. The van der Waals surface area contributed by atoms with Crippen LogP contribution in [0.5, 0.6) is 0 Å². The van der Waals surface area contributed by atoms with E-state index in [1.54, 1.807) is 0 Å². The molecule has 1 aromatic heterocycles. The molecule has 0 unspecified atom stereocenters. The molecule has 0 bridgehead atoms. The number of aromatic nitrogens is 1. The lowest BCUT2D eigenvalue weighted by molar-refractivity contribution is -0.143. The fourth-order valence-corrected chi connectivity index (χ4v) is 4.21. The van der Waals surface area contributed by atoms with Crippen molar-refractivity contribution >= 4 is 16.9 Å². The number of nitrogens with zero attached hydrogens (tertiary/aromatic N) is 1. The number of carbonyl (C=O) groups is 1. The van der Waals surface area contributed by atoms with Crippen molar-refractivity contribution in [1.29, 1.82) is 0 Å². The topological polar surface area (TPSA) is 65.2 Å². The number of hydrogen-bond donors (Lipinski definition) is 1. The minimum atomic E-state index is -0.109. The zero-order valence-electron chi connectivity index (χ0n) is 19.9. The SMILES string of the molecule is CCOC(=O)CCCCc1ccc2nc(CC(C)C)c(CN)c(-c3ccc(C)cc3)c2c1. The Morgan fingerprint density at radius 2 is 1.84 bits per heavy atom. The number of rotatable bonds is 10. The van der Waals surface area contributed by atoms with Crippen molar-refractivity contribution in [2.24, 2.45) is 11.7 Å². The fraction of sp³-hybridized carbons (Fsp3) is 0.429. The quantitative estimate of drug-likeness (QED) is 0.308. The highest BCUT2D eigenvalue weighted by molar-refractivity contribution is 5.97. The molecule has 4 heteroatoms. The molecule has 0 radical (unpaired) electrons. The zero-order chi connectivity index (χ0) is 23.1. The van der Waals surface area contributed by atoms with Crippen molar-refractivity contribution in [2.45, 2.75) is 66.3 Å². The van der Waals surface area contributed by atoms with Crippen molar-refractivity contribution < 1.29 is 9.53 Å². The lowest BCUT2D eigenvalue weighted by Gasteiger charge is -2.18. The van der Waals surface area contributed by atoms with Gasteiger partial charge in [-0.2, -0.15) is 0 Å². The summed E-state index contributed by atoms with van der Waals surface area (Å²) in [5.41, 5.74) is 14.5. The van der Waals surface area contributed by atoms with Crippen LogP contribution < -0.4 is 5.73 Å². The molecule has 2 aromatic carbocycles.